The summed E-state index contributed by atoms with van der Waals surface area (Å²) in [5.41, 5.74) is 0. The minimum absolute atomic E-state index is 0.246. The van der Waals surface area contributed by atoms with E-state index in [0.717, 1.165) is 57.9 Å². The van der Waals surface area contributed by atoms with E-state index in [2.05, 4.69) is 24.0 Å². The van der Waals surface area contributed by atoms with Gasteiger partial charge in [-0.2, -0.15) is 0 Å². The van der Waals surface area contributed by atoms with Gasteiger partial charge in [0.2, 0.25) is 5.91 Å². The van der Waals surface area contributed by atoms with Gasteiger partial charge in [-0.05, 0) is 39.0 Å². The van der Waals surface area contributed by atoms with Crippen molar-refractivity contribution in [2.45, 2.75) is 77.2 Å². The molecule has 0 aromatic heterocycles. The van der Waals surface area contributed by atoms with E-state index in [9.17, 15) is 9.59 Å². The second-order valence-electron chi connectivity index (χ2n) is 6.00. The molecule has 1 saturated heterocycles. The van der Waals surface area contributed by atoms with Crippen molar-refractivity contribution in [2.24, 2.45) is 0 Å². The molecule has 1 fully saturated rings. The zero-order valence-electron chi connectivity index (χ0n) is 14.2. The molecule has 1 unspecified atom stereocenters. The second kappa shape index (κ2) is 11.8. The molecule has 0 bridgehead atoms. The molecule has 4 heteroatoms. The Morgan fingerprint density at radius 2 is 2.09 bits per heavy atom. The summed E-state index contributed by atoms with van der Waals surface area (Å²) in [4.78, 5) is 24.4. The van der Waals surface area contributed by atoms with E-state index in [0.29, 0.717) is 6.42 Å². The number of amides is 1. The molecule has 1 heterocycles. The first kappa shape index (κ1) is 19.3. The number of nitrogens with zero attached hydrogens (tertiary/aromatic N) is 1. The summed E-state index contributed by atoms with van der Waals surface area (Å²) in [6.45, 7) is 2.65. The van der Waals surface area contributed by atoms with Gasteiger partial charge in [-0.3, -0.25) is 9.59 Å². The molecule has 23 heavy (non-hydrogen) atoms. The first-order chi connectivity index (χ1) is 11.1. The zero-order chi connectivity index (χ0) is 16.9. The molecule has 0 radical (unpaired) electrons. The molecule has 0 spiro atoms. The normalized spacial score (nSPS) is 17.5. The van der Waals surface area contributed by atoms with Crippen molar-refractivity contribution in [3.05, 3.63) is 12.2 Å². The van der Waals surface area contributed by atoms with Crippen molar-refractivity contribution in [3.8, 4) is 11.8 Å². The Hall–Kier alpha value is -1.76. The summed E-state index contributed by atoms with van der Waals surface area (Å²) >= 11 is 0. The first-order valence-electron chi connectivity index (χ1n) is 8.72. The van der Waals surface area contributed by atoms with E-state index in [1.807, 2.05) is 11.8 Å². The number of carbonyl (C=O) groups is 2. The predicted octanol–water partition coefficient (Wildman–Crippen LogP) is 3.76. The maximum Gasteiger partial charge on any atom is 0.303 e. The van der Waals surface area contributed by atoms with E-state index < -0.39 is 5.97 Å². The van der Waals surface area contributed by atoms with Crippen LogP contribution in [0.1, 0.15) is 71.1 Å². The molecule has 128 valence electrons. The number of carboxylic acid groups (broad SMARTS) is 1. The largest absolute Gasteiger partial charge is 0.481 e. The molecule has 1 atom stereocenters. The van der Waals surface area contributed by atoms with E-state index in [-0.39, 0.29) is 18.4 Å². The minimum atomic E-state index is -0.727. The van der Waals surface area contributed by atoms with E-state index in [4.69, 9.17) is 5.11 Å². The van der Waals surface area contributed by atoms with Gasteiger partial charge in [0.25, 0.3) is 0 Å². The fraction of sp³-hybridized carbons (Fsp3) is 0.684. The quantitative estimate of drug-likeness (QED) is 0.358. The van der Waals surface area contributed by atoms with Crippen molar-refractivity contribution in [1.29, 1.82) is 0 Å². The monoisotopic (exact) mass is 319 g/mol. The topological polar surface area (TPSA) is 57.6 Å². The molecule has 0 saturated carbocycles. The standard InChI is InChI=1S/C19H29NO3/c1-2-3-4-5-6-9-12-17-14-15-18(21)20(17)16-11-8-7-10-13-19(22)23/h9,12,17H,4-8,10-11,13-16H2,1H3,(H,22,23)/b12-9+. The average molecular weight is 319 g/mol. The van der Waals surface area contributed by atoms with Crippen molar-refractivity contribution in [3.63, 3.8) is 0 Å². The number of rotatable bonds is 11. The van der Waals surface area contributed by atoms with Gasteiger partial charge in [0.1, 0.15) is 0 Å². The molecule has 1 aliphatic heterocycles. The van der Waals surface area contributed by atoms with Gasteiger partial charge in [-0.15, -0.1) is 11.8 Å². The number of carboxylic acids is 1. The van der Waals surface area contributed by atoms with Gasteiger partial charge in [0.05, 0.1) is 6.04 Å². The molecular weight excluding hydrogens is 290 g/mol. The van der Waals surface area contributed by atoms with Crippen LogP contribution in [0.3, 0.4) is 0 Å². The van der Waals surface area contributed by atoms with Crippen LogP contribution in [0.5, 0.6) is 0 Å². The van der Waals surface area contributed by atoms with Crippen LogP contribution in [0, 0.1) is 11.8 Å². The number of allylic oxidation sites excluding steroid dienone is 1. The van der Waals surface area contributed by atoms with E-state index >= 15 is 0 Å². The zero-order valence-corrected chi connectivity index (χ0v) is 14.2. The lowest BCUT2D eigenvalue weighted by Crippen LogP contribution is -2.32. The average Bonchev–Trinajstić information content (AvgIpc) is 2.86. The van der Waals surface area contributed by atoms with E-state index in [1.165, 1.54) is 0 Å². The summed E-state index contributed by atoms with van der Waals surface area (Å²) in [5, 5.41) is 8.59. The second-order valence-corrected chi connectivity index (χ2v) is 6.00. The van der Waals surface area contributed by atoms with E-state index in [1.54, 1.807) is 0 Å². The lowest BCUT2D eigenvalue weighted by Gasteiger charge is -2.22. The minimum Gasteiger partial charge on any atom is -0.481 e. The molecule has 1 aliphatic rings. The van der Waals surface area contributed by atoms with Gasteiger partial charge >= 0.3 is 5.97 Å². The summed E-state index contributed by atoms with van der Waals surface area (Å²) in [7, 11) is 0. The number of carbonyl (C=O) groups excluding carboxylic acids is 1. The fourth-order valence-corrected chi connectivity index (χ4v) is 2.84. The van der Waals surface area contributed by atoms with Crippen LogP contribution >= 0.6 is 0 Å². The molecule has 0 aromatic rings. The third-order valence-electron chi connectivity index (χ3n) is 4.12. The Morgan fingerprint density at radius 3 is 2.83 bits per heavy atom. The van der Waals surface area contributed by atoms with Gasteiger partial charge in [-0.1, -0.05) is 25.0 Å². The number of hydrogen-bond donors (Lipinski definition) is 1. The van der Waals surface area contributed by atoms with Crippen LogP contribution in [-0.4, -0.2) is 34.5 Å². The molecule has 1 N–H and O–H groups in total. The molecule has 0 aromatic carbocycles. The Balaban J connectivity index is 2.22. The molecule has 4 nitrogen and oxygen atoms in total. The molecular formula is C19H29NO3. The third kappa shape index (κ3) is 8.44. The number of unbranched alkanes of at least 4 members (excludes halogenated alkanes) is 5. The lowest BCUT2D eigenvalue weighted by molar-refractivity contribution is -0.137. The highest BCUT2D eigenvalue weighted by molar-refractivity contribution is 5.79. The molecule has 1 amide bonds. The smallest absolute Gasteiger partial charge is 0.303 e. The first-order valence-corrected chi connectivity index (χ1v) is 8.72. The van der Waals surface area contributed by atoms with Crippen LogP contribution in [0.2, 0.25) is 0 Å². The van der Waals surface area contributed by atoms with Gasteiger partial charge in [-0.25, -0.2) is 0 Å². The Kier molecular flexibility index (Phi) is 9.86. The van der Waals surface area contributed by atoms with Gasteiger partial charge < -0.3 is 10.0 Å². The van der Waals surface area contributed by atoms with Crippen molar-refractivity contribution < 1.29 is 14.7 Å². The maximum atomic E-state index is 12.0. The maximum absolute atomic E-state index is 12.0. The van der Waals surface area contributed by atoms with Crippen LogP contribution in [0.15, 0.2) is 12.2 Å². The molecule has 1 rings (SSSR count). The summed E-state index contributed by atoms with van der Waals surface area (Å²) in [6, 6.07) is 0.249. The number of likely N-dealkylation sites (tertiary alicyclic amines) is 1. The Bertz CT molecular complexity index is 459. The summed E-state index contributed by atoms with van der Waals surface area (Å²) in [6.07, 6.45) is 12.8. The number of aliphatic carboxylic acids is 1. The van der Waals surface area contributed by atoms with Crippen LogP contribution in [0.4, 0.5) is 0 Å². The highest BCUT2D eigenvalue weighted by atomic mass is 16.4. The predicted molar refractivity (Wildman–Crippen MR) is 91.9 cm³/mol. The fourth-order valence-electron chi connectivity index (χ4n) is 2.84. The van der Waals surface area contributed by atoms with Crippen LogP contribution < -0.4 is 0 Å². The SMILES string of the molecule is CC#CCCC/C=C/C1CCC(=O)N1CCCCCCC(=O)O. The third-order valence-corrected chi connectivity index (χ3v) is 4.12. The summed E-state index contributed by atoms with van der Waals surface area (Å²) in [5.74, 6) is 5.48. The van der Waals surface area contributed by atoms with Crippen molar-refractivity contribution in [1.82, 2.24) is 4.90 Å². The summed E-state index contributed by atoms with van der Waals surface area (Å²) < 4.78 is 0. The number of hydrogen-bond acceptors (Lipinski definition) is 2. The van der Waals surface area contributed by atoms with Crippen LogP contribution in [0.25, 0.3) is 0 Å². The van der Waals surface area contributed by atoms with Gasteiger partial charge in [0.15, 0.2) is 0 Å². The molecule has 0 aliphatic carbocycles. The van der Waals surface area contributed by atoms with Crippen LogP contribution in [-0.2, 0) is 9.59 Å². The Morgan fingerprint density at radius 1 is 1.30 bits per heavy atom. The van der Waals surface area contributed by atoms with Gasteiger partial charge in [0, 0.05) is 25.8 Å². The highest BCUT2D eigenvalue weighted by Crippen LogP contribution is 2.21. The van der Waals surface area contributed by atoms with Crippen molar-refractivity contribution >= 4 is 11.9 Å². The highest BCUT2D eigenvalue weighted by Gasteiger charge is 2.28. The lowest BCUT2D eigenvalue weighted by atomic mass is 10.1. The van der Waals surface area contributed by atoms with Crippen molar-refractivity contribution in [2.75, 3.05) is 6.54 Å². The Labute approximate surface area is 139 Å².